The van der Waals surface area contributed by atoms with Gasteiger partial charge in [-0.15, -0.1) is 11.6 Å². The topological polar surface area (TPSA) is 20.2 Å². The van der Waals surface area contributed by atoms with Gasteiger partial charge < -0.3 is 5.11 Å². The van der Waals surface area contributed by atoms with E-state index in [1.165, 1.54) is 0 Å². The van der Waals surface area contributed by atoms with Gasteiger partial charge in [0.25, 0.3) is 0 Å². The van der Waals surface area contributed by atoms with E-state index in [1.807, 2.05) is 0 Å². The number of hydrogen-bond donors (Lipinski definition) is 1. The van der Waals surface area contributed by atoms with Gasteiger partial charge in [0.15, 0.2) is 0 Å². The Morgan fingerprint density at radius 2 is 2.11 bits per heavy atom. The van der Waals surface area contributed by atoms with Crippen molar-refractivity contribution in [1.29, 1.82) is 0 Å². The molecule has 52 valence electrons. The predicted octanol–water partition coefficient (Wildman–Crippen LogP) is 1.39. The van der Waals surface area contributed by atoms with Crippen molar-refractivity contribution in [3.63, 3.8) is 0 Å². The molecule has 0 saturated carbocycles. The third kappa shape index (κ3) is 7.81. The molecule has 0 spiro atoms. The SMILES string of the molecule is CC(C)(O)C#CCCCl. The van der Waals surface area contributed by atoms with Crippen LogP contribution in [-0.2, 0) is 0 Å². The lowest BCUT2D eigenvalue weighted by molar-refractivity contribution is 0.143. The highest BCUT2D eigenvalue weighted by atomic mass is 35.5. The van der Waals surface area contributed by atoms with Gasteiger partial charge >= 0.3 is 0 Å². The van der Waals surface area contributed by atoms with E-state index in [4.69, 9.17) is 16.7 Å². The molecule has 0 aromatic carbocycles. The van der Waals surface area contributed by atoms with Gasteiger partial charge in [-0.1, -0.05) is 11.8 Å². The average molecular weight is 147 g/mol. The van der Waals surface area contributed by atoms with Crippen molar-refractivity contribution < 1.29 is 5.11 Å². The number of hydrogen-bond acceptors (Lipinski definition) is 1. The molecule has 0 aromatic heterocycles. The van der Waals surface area contributed by atoms with Crippen LogP contribution in [0.15, 0.2) is 0 Å². The molecule has 0 heterocycles. The molecule has 0 atom stereocenters. The molecule has 1 N–H and O–H groups in total. The first-order valence-electron chi connectivity index (χ1n) is 2.84. The summed E-state index contributed by atoms with van der Waals surface area (Å²) in [7, 11) is 0. The Kier molecular flexibility index (Phi) is 3.68. The van der Waals surface area contributed by atoms with E-state index in [0.717, 1.165) is 0 Å². The second kappa shape index (κ2) is 3.76. The smallest absolute Gasteiger partial charge is 0.119 e. The highest BCUT2D eigenvalue weighted by Crippen LogP contribution is 1.96. The van der Waals surface area contributed by atoms with E-state index in [-0.39, 0.29) is 0 Å². The van der Waals surface area contributed by atoms with E-state index >= 15 is 0 Å². The molecule has 0 aliphatic carbocycles. The van der Waals surface area contributed by atoms with Gasteiger partial charge in [0.05, 0.1) is 0 Å². The van der Waals surface area contributed by atoms with E-state index in [9.17, 15) is 0 Å². The number of rotatable bonds is 1. The quantitative estimate of drug-likeness (QED) is 0.438. The van der Waals surface area contributed by atoms with Crippen LogP contribution in [0.4, 0.5) is 0 Å². The van der Waals surface area contributed by atoms with Crippen LogP contribution in [-0.4, -0.2) is 16.6 Å². The molecule has 0 bridgehead atoms. The summed E-state index contributed by atoms with van der Waals surface area (Å²) >= 11 is 5.35. The molecule has 0 fully saturated rings. The van der Waals surface area contributed by atoms with E-state index in [2.05, 4.69) is 11.8 Å². The largest absolute Gasteiger partial charge is 0.378 e. The second-order valence-electron chi connectivity index (χ2n) is 2.30. The minimum absolute atomic E-state index is 0.531. The summed E-state index contributed by atoms with van der Waals surface area (Å²) < 4.78 is 0. The normalized spacial score (nSPS) is 10.2. The Morgan fingerprint density at radius 1 is 1.56 bits per heavy atom. The van der Waals surface area contributed by atoms with Crippen LogP contribution in [0, 0.1) is 11.8 Å². The zero-order valence-corrected chi connectivity index (χ0v) is 6.50. The first-order chi connectivity index (χ1) is 4.06. The van der Waals surface area contributed by atoms with Gasteiger partial charge in [0.1, 0.15) is 5.60 Å². The zero-order valence-electron chi connectivity index (χ0n) is 5.74. The predicted molar refractivity (Wildman–Crippen MR) is 39.4 cm³/mol. The van der Waals surface area contributed by atoms with Crippen molar-refractivity contribution in [2.24, 2.45) is 0 Å². The first kappa shape index (κ1) is 8.81. The summed E-state index contributed by atoms with van der Waals surface area (Å²) in [6, 6.07) is 0. The van der Waals surface area contributed by atoms with E-state index in [1.54, 1.807) is 13.8 Å². The zero-order chi connectivity index (χ0) is 7.33. The average Bonchev–Trinajstić information content (AvgIpc) is 1.63. The van der Waals surface area contributed by atoms with Gasteiger partial charge in [-0.3, -0.25) is 0 Å². The van der Waals surface area contributed by atoms with Gasteiger partial charge in [0, 0.05) is 12.3 Å². The Morgan fingerprint density at radius 3 is 2.44 bits per heavy atom. The fraction of sp³-hybridized carbons (Fsp3) is 0.714. The molecule has 9 heavy (non-hydrogen) atoms. The molecule has 0 amide bonds. The number of aliphatic hydroxyl groups is 1. The molecule has 2 heteroatoms. The fourth-order valence-corrected chi connectivity index (χ4v) is 0.421. The molecule has 1 nitrogen and oxygen atoms in total. The molecule has 0 radical (unpaired) electrons. The molecular weight excluding hydrogens is 136 g/mol. The molecule has 0 unspecified atom stereocenters. The minimum atomic E-state index is -0.869. The maximum atomic E-state index is 9.03. The molecule has 0 aliphatic rings. The lowest BCUT2D eigenvalue weighted by Gasteiger charge is -2.05. The minimum Gasteiger partial charge on any atom is -0.378 e. The van der Waals surface area contributed by atoms with Gasteiger partial charge in [-0.2, -0.15) is 0 Å². The number of alkyl halides is 1. The van der Waals surface area contributed by atoms with E-state index < -0.39 is 5.60 Å². The summed E-state index contributed by atoms with van der Waals surface area (Å²) in [5.74, 6) is 5.92. The van der Waals surface area contributed by atoms with Crippen LogP contribution in [0.1, 0.15) is 20.3 Å². The summed E-state index contributed by atoms with van der Waals surface area (Å²) in [4.78, 5) is 0. The van der Waals surface area contributed by atoms with Crippen molar-refractivity contribution in [1.82, 2.24) is 0 Å². The summed E-state index contributed by atoms with van der Waals surface area (Å²) in [6.07, 6.45) is 0.644. The maximum absolute atomic E-state index is 9.03. The summed E-state index contributed by atoms with van der Waals surface area (Å²) in [5, 5.41) is 9.03. The van der Waals surface area contributed by atoms with Crippen LogP contribution >= 0.6 is 11.6 Å². The summed E-state index contributed by atoms with van der Waals surface area (Å²) in [6.45, 7) is 3.29. The van der Waals surface area contributed by atoms with Crippen molar-refractivity contribution in [2.45, 2.75) is 25.9 Å². The third-order valence-electron chi connectivity index (χ3n) is 0.614. The van der Waals surface area contributed by atoms with Crippen molar-refractivity contribution in [3.8, 4) is 11.8 Å². The van der Waals surface area contributed by atoms with Crippen LogP contribution in [0.5, 0.6) is 0 Å². The molecule has 0 saturated heterocycles. The standard InChI is InChI=1S/C7H11ClO/c1-7(2,9)5-3-4-6-8/h9H,4,6H2,1-2H3. The van der Waals surface area contributed by atoms with E-state index in [0.29, 0.717) is 12.3 Å². The monoisotopic (exact) mass is 146 g/mol. The van der Waals surface area contributed by atoms with Gasteiger partial charge in [-0.05, 0) is 13.8 Å². The van der Waals surface area contributed by atoms with Crippen LogP contribution in [0.25, 0.3) is 0 Å². The second-order valence-corrected chi connectivity index (χ2v) is 2.68. The van der Waals surface area contributed by atoms with Crippen molar-refractivity contribution in [3.05, 3.63) is 0 Å². The van der Waals surface area contributed by atoms with Crippen LogP contribution in [0.2, 0.25) is 0 Å². The Bertz CT molecular complexity index is 124. The van der Waals surface area contributed by atoms with Crippen molar-refractivity contribution >= 4 is 11.6 Å². The lowest BCUT2D eigenvalue weighted by atomic mass is 10.1. The third-order valence-corrected chi connectivity index (χ3v) is 0.803. The highest BCUT2D eigenvalue weighted by molar-refractivity contribution is 6.18. The molecule has 0 rings (SSSR count). The Balaban J connectivity index is 3.59. The Labute approximate surface area is 61.0 Å². The number of halogens is 1. The maximum Gasteiger partial charge on any atom is 0.119 e. The van der Waals surface area contributed by atoms with Gasteiger partial charge in [-0.25, -0.2) is 0 Å². The van der Waals surface area contributed by atoms with Crippen LogP contribution < -0.4 is 0 Å². The summed E-state index contributed by atoms with van der Waals surface area (Å²) in [5.41, 5.74) is -0.869. The van der Waals surface area contributed by atoms with Gasteiger partial charge in [0.2, 0.25) is 0 Å². The highest BCUT2D eigenvalue weighted by Gasteiger charge is 2.04. The Hall–Kier alpha value is -0.190. The van der Waals surface area contributed by atoms with Crippen LogP contribution in [0.3, 0.4) is 0 Å². The first-order valence-corrected chi connectivity index (χ1v) is 3.38. The lowest BCUT2D eigenvalue weighted by Crippen LogP contribution is -2.14. The van der Waals surface area contributed by atoms with Crippen molar-refractivity contribution in [2.75, 3.05) is 5.88 Å². The molecular formula is C7H11ClO. The molecule has 0 aromatic rings. The molecule has 0 aliphatic heterocycles. The fourth-order valence-electron chi connectivity index (χ4n) is 0.326.